The van der Waals surface area contributed by atoms with Crippen LogP contribution in [0.1, 0.15) is 13.8 Å². The van der Waals surface area contributed by atoms with Crippen molar-refractivity contribution in [3.63, 3.8) is 0 Å². The first kappa shape index (κ1) is 31.9. The fraction of sp³-hybridized carbons (Fsp3) is 0.600. The minimum Gasteiger partial charge on any atom is -0.468 e. The van der Waals surface area contributed by atoms with Gasteiger partial charge in [0, 0.05) is 31.0 Å². The average molecular weight is 569 g/mol. The summed E-state index contributed by atoms with van der Waals surface area (Å²) in [5.74, 6) is -0.961. The lowest BCUT2D eigenvalue weighted by Crippen LogP contribution is -2.44. The van der Waals surface area contributed by atoms with Crippen LogP contribution < -0.4 is 5.32 Å². The van der Waals surface area contributed by atoms with Crippen molar-refractivity contribution < 1.29 is 32.4 Å². The third-order valence-electron chi connectivity index (χ3n) is 4.49. The highest BCUT2D eigenvalue weighted by Gasteiger charge is 2.36. The van der Waals surface area contributed by atoms with E-state index in [0.717, 1.165) is 36.6 Å². The molecule has 0 radical (unpaired) electrons. The van der Waals surface area contributed by atoms with Crippen molar-refractivity contribution in [2.45, 2.75) is 30.8 Å². The maximum atomic E-state index is 12.7. The standard InChI is InChI=1S/C12H15BrN2O6S.C8H18N2O2/c1-9(12(16)21-2)14(8-7-13)22(19,20)11-6-4-3-5-10(11)15(17)18;1-7(8(11)12-4)9-5-6-10(2)3/h3-6,9H,7-8H2,1-2H3;7,9H,5-6H2,1-4H3/t9-;7-/m00/s1. The van der Waals surface area contributed by atoms with Crippen molar-refractivity contribution in [1.29, 1.82) is 0 Å². The lowest BCUT2D eigenvalue weighted by Gasteiger charge is -2.25. The minimum atomic E-state index is -4.23. The van der Waals surface area contributed by atoms with Gasteiger partial charge in [0.05, 0.1) is 19.1 Å². The van der Waals surface area contributed by atoms with Gasteiger partial charge in [-0.15, -0.1) is 0 Å². The van der Waals surface area contributed by atoms with Gasteiger partial charge in [-0.05, 0) is 34.0 Å². The second kappa shape index (κ2) is 15.7. The van der Waals surface area contributed by atoms with Crippen molar-refractivity contribution in [3.05, 3.63) is 34.4 Å². The number of carbonyl (C=O) groups is 2. The number of carbonyl (C=O) groups excluding carboxylic acids is 2. The van der Waals surface area contributed by atoms with Crippen LogP contribution in [-0.4, -0.2) is 99.8 Å². The van der Waals surface area contributed by atoms with Crippen LogP contribution in [0.4, 0.5) is 5.69 Å². The number of nitro groups is 1. The zero-order valence-electron chi connectivity index (χ0n) is 20.2. The molecule has 0 unspecified atom stereocenters. The van der Waals surface area contributed by atoms with Crippen molar-refractivity contribution in [2.75, 3.05) is 53.3 Å². The van der Waals surface area contributed by atoms with Crippen molar-refractivity contribution in [3.8, 4) is 0 Å². The zero-order chi connectivity index (χ0) is 26.5. The van der Waals surface area contributed by atoms with E-state index in [-0.39, 0.29) is 23.9 Å². The molecule has 0 heterocycles. The summed E-state index contributed by atoms with van der Waals surface area (Å²) in [6.45, 7) is 4.83. The fourth-order valence-corrected chi connectivity index (χ4v) is 4.97. The Morgan fingerprint density at radius 2 is 1.68 bits per heavy atom. The average Bonchev–Trinajstić information content (AvgIpc) is 2.80. The van der Waals surface area contributed by atoms with E-state index >= 15 is 0 Å². The molecular formula is C20H33BrN4O8S. The summed E-state index contributed by atoms with van der Waals surface area (Å²) in [6.07, 6.45) is 0. The van der Waals surface area contributed by atoms with Crippen LogP contribution in [0.5, 0.6) is 0 Å². The molecule has 0 aliphatic carbocycles. The number of ether oxygens (including phenoxy) is 2. The number of alkyl halides is 1. The second-order valence-corrected chi connectivity index (χ2v) is 9.88. The van der Waals surface area contributed by atoms with Crippen molar-refractivity contribution in [2.24, 2.45) is 0 Å². The van der Waals surface area contributed by atoms with Gasteiger partial charge in [0.2, 0.25) is 0 Å². The summed E-state index contributed by atoms with van der Waals surface area (Å²) < 4.78 is 35.4. The number of esters is 2. The largest absolute Gasteiger partial charge is 0.468 e. The number of para-hydroxylation sites is 1. The van der Waals surface area contributed by atoms with E-state index in [4.69, 9.17) is 0 Å². The van der Waals surface area contributed by atoms with Gasteiger partial charge < -0.3 is 19.7 Å². The summed E-state index contributed by atoms with van der Waals surface area (Å²) in [6, 6.07) is 3.67. The molecule has 12 nitrogen and oxygen atoms in total. The molecule has 2 atom stereocenters. The number of sulfonamides is 1. The van der Waals surface area contributed by atoms with E-state index < -0.39 is 37.5 Å². The molecule has 0 aromatic heterocycles. The van der Waals surface area contributed by atoms with E-state index in [9.17, 15) is 28.1 Å². The molecule has 1 rings (SSSR count). The molecule has 0 saturated heterocycles. The summed E-state index contributed by atoms with van der Waals surface area (Å²) in [7, 11) is 2.29. The molecule has 0 saturated carbocycles. The lowest BCUT2D eigenvalue weighted by molar-refractivity contribution is -0.387. The minimum absolute atomic E-state index is 0.0371. The Balaban J connectivity index is 0.000000770. The topological polar surface area (TPSA) is 148 Å². The van der Waals surface area contributed by atoms with E-state index in [1.54, 1.807) is 6.92 Å². The van der Waals surface area contributed by atoms with Gasteiger partial charge in [-0.25, -0.2) is 8.42 Å². The normalized spacial score (nSPS) is 13.0. The first-order valence-corrected chi connectivity index (χ1v) is 12.8. The molecule has 0 bridgehead atoms. The quantitative estimate of drug-likeness (QED) is 0.169. The molecule has 1 aromatic rings. The summed E-state index contributed by atoms with van der Waals surface area (Å²) in [5.41, 5.74) is -0.542. The maximum Gasteiger partial charge on any atom is 0.323 e. The van der Waals surface area contributed by atoms with Crippen LogP contribution >= 0.6 is 15.9 Å². The van der Waals surface area contributed by atoms with E-state index in [1.165, 1.54) is 26.2 Å². The summed E-state index contributed by atoms with van der Waals surface area (Å²) in [5, 5.41) is 14.3. The second-order valence-electron chi connectivity index (χ2n) is 7.23. The fourth-order valence-electron chi connectivity index (χ4n) is 2.61. The Labute approximate surface area is 208 Å². The SMILES string of the molecule is COC(=O)[C@H](C)N(CCBr)S(=O)(=O)c1ccccc1[N+](=O)[O-].COC(=O)[C@H](C)NCCN(C)C. The van der Waals surface area contributed by atoms with Crippen molar-refractivity contribution >= 4 is 43.6 Å². The van der Waals surface area contributed by atoms with Crippen molar-refractivity contribution in [1.82, 2.24) is 14.5 Å². The van der Waals surface area contributed by atoms with Gasteiger partial charge in [-0.2, -0.15) is 4.31 Å². The number of hydrogen-bond donors (Lipinski definition) is 1. The third-order valence-corrected chi connectivity index (χ3v) is 6.86. The van der Waals surface area contributed by atoms with Gasteiger partial charge in [-0.3, -0.25) is 19.7 Å². The monoisotopic (exact) mass is 568 g/mol. The number of methoxy groups -OCH3 is 2. The molecular weight excluding hydrogens is 536 g/mol. The number of halogens is 1. The molecule has 0 fully saturated rings. The predicted octanol–water partition coefficient (Wildman–Crippen LogP) is 1.24. The Bertz CT molecular complexity index is 914. The van der Waals surface area contributed by atoms with Gasteiger partial charge in [0.25, 0.3) is 15.7 Å². The van der Waals surface area contributed by atoms with Crippen LogP contribution in [0.3, 0.4) is 0 Å². The van der Waals surface area contributed by atoms with Gasteiger partial charge in [0.15, 0.2) is 4.90 Å². The molecule has 1 aromatic carbocycles. The molecule has 0 aliphatic rings. The number of nitro benzene ring substituents is 1. The first-order valence-electron chi connectivity index (χ1n) is 10.2. The number of benzene rings is 1. The Kier molecular flexibility index (Phi) is 14.7. The van der Waals surface area contributed by atoms with E-state index in [1.807, 2.05) is 14.1 Å². The molecule has 0 amide bonds. The molecule has 194 valence electrons. The van der Waals surface area contributed by atoms with Crippen LogP contribution in [-0.2, 0) is 29.1 Å². The maximum absolute atomic E-state index is 12.7. The first-order chi connectivity index (χ1) is 15.8. The highest BCUT2D eigenvalue weighted by atomic mass is 79.9. The number of likely N-dealkylation sites (N-methyl/N-ethyl adjacent to an activating group) is 1. The predicted molar refractivity (Wildman–Crippen MR) is 130 cm³/mol. The summed E-state index contributed by atoms with van der Waals surface area (Å²) >= 11 is 3.11. The van der Waals surface area contributed by atoms with Gasteiger partial charge in [0.1, 0.15) is 12.1 Å². The molecule has 1 N–H and O–H groups in total. The van der Waals surface area contributed by atoms with Gasteiger partial charge in [-0.1, -0.05) is 28.1 Å². The zero-order valence-corrected chi connectivity index (χ0v) is 22.6. The number of nitrogens with one attached hydrogen (secondary N) is 1. The molecule has 34 heavy (non-hydrogen) atoms. The third kappa shape index (κ3) is 10.0. The van der Waals surface area contributed by atoms with Crippen LogP contribution in [0.15, 0.2) is 29.2 Å². The Morgan fingerprint density at radius 3 is 2.15 bits per heavy atom. The van der Waals surface area contributed by atoms with Gasteiger partial charge >= 0.3 is 11.9 Å². The van der Waals surface area contributed by atoms with Crippen LogP contribution in [0.25, 0.3) is 0 Å². The lowest BCUT2D eigenvalue weighted by atomic mass is 10.3. The van der Waals surface area contributed by atoms with Crippen LogP contribution in [0, 0.1) is 10.1 Å². The number of hydrogen-bond acceptors (Lipinski definition) is 10. The Hall–Kier alpha value is -2.13. The highest BCUT2D eigenvalue weighted by molar-refractivity contribution is 9.09. The van der Waals surface area contributed by atoms with E-state index in [0.29, 0.717) is 0 Å². The molecule has 0 aliphatic heterocycles. The molecule has 14 heteroatoms. The number of rotatable bonds is 12. The Morgan fingerprint density at radius 1 is 1.12 bits per heavy atom. The molecule has 0 spiro atoms. The smallest absolute Gasteiger partial charge is 0.323 e. The van der Waals surface area contributed by atoms with E-state index in [2.05, 4.69) is 35.6 Å². The number of nitrogens with zero attached hydrogens (tertiary/aromatic N) is 3. The highest BCUT2D eigenvalue weighted by Crippen LogP contribution is 2.27. The van der Waals surface area contributed by atoms with Crippen LogP contribution in [0.2, 0.25) is 0 Å². The summed E-state index contributed by atoms with van der Waals surface area (Å²) in [4.78, 5) is 34.4.